The molecule has 1 aromatic rings. The van der Waals surface area contributed by atoms with Crippen LogP contribution in [0.2, 0.25) is 0 Å². The largest absolute Gasteiger partial charge is 0.462 e. The topological polar surface area (TPSA) is 58.6 Å². The van der Waals surface area contributed by atoms with Crippen molar-refractivity contribution in [3.05, 3.63) is 29.8 Å². The second-order valence-electron chi connectivity index (χ2n) is 5.24. The van der Waals surface area contributed by atoms with E-state index in [4.69, 9.17) is 4.74 Å². The number of anilines is 1. The van der Waals surface area contributed by atoms with Crippen molar-refractivity contribution in [1.29, 1.82) is 0 Å². The fourth-order valence-corrected chi connectivity index (χ4v) is 1.88. The summed E-state index contributed by atoms with van der Waals surface area (Å²) in [6, 6.07) is 7.06. The number of esters is 1. The number of hydrogen-bond donors (Lipinski definition) is 1. The van der Waals surface area contributed by atoms with Gasteiger partial charge in [0.15, 0.2) is 0 Å². The Hall–Kier alpha value is -2.04. The summed E-state index contributed by atoms with van der Waals surface area (Å²) in [5.41, 5.74) is 1.52. The monoisotopic (exact) mass is 276 g/mol. The highest BCUT2D eigenvalue weighted by Crippen LogP contribution is 2.22. The molecule has 0 bridgehead atoms. The maximum absolute atomic E-state index is 11.7. The van der Waals surface area contributed by atoms with Crippen molar-refractivity contribution in [2.45, 2.75) is 31.8 Å². The molecule has 2 rings (SSSR count). The van der Waals surface area contributed by atoms with Crippen LogP contribution in [0.15, 0.2) is 24.3 Å². The first-order chi connectivity index (χ1) is 9.54. The van der Waals surface area contributed by atoms with E-state index >= 15 is 0 Å². The summed E-state index contributed by atoms with van der Waals surface area (Å²) >= 11 is 0. The number of ether oxygens (including phenoxy) is 1. The molecule has 0 atom stereocenters. The number of benzene rings is 1. The third kappa shape index (κ3) is 3.98. The summed E-state index contributed by atoms with van der Waals surface area (Å²) < 4.78 is 5.31. The lowest BCUT2D eigenvalue weighted by molar-refractivity contribution is -0.152. The van der Waals surface area contributed by atoms with E-state index in [0.29, 0.717) is 5.69 Å². The molecule has 0 aliphatic heterocycles. The Kier molecular flexibility index (Phi) is 4.61. The van der Waals surface area contributed by atoms with Crippen LogP contribution in [0.3, 0.4) is 0 Å². The zero-order valence-corrected chi connectivity index (χ0v) is 11.9. The van der Waals surface area contributed by atoms with Gasteiger partial charge in [0.25, 0.3) is 0 Å². The number of nitrogens with one attached hydrogen (secondary N) is 1. The molecule has 0 saturated heterocycles. The summed E-state index contributed by atoms with van der Waals surface area (Å²) in [5.74, 6) is -0.203. The van der Waals surface area contributed by atoms with Crippen molar-refractivity contribution >= 4 is 17.7 Å². The molecule has 0 aromatic heterocycles. The van der Waals surface area contributed by atoms with E-state index in [1.54, 1.807) is 26.2 Å². The summed E-state index contributed by atoms with van der Waals surface area (Å²) in [6.07, 6.45) is 3.45. The quantitative estimate of drug-likeness (QED) is 0.859. The second kappa shape index (κ2) is 6.41. The van der Waals surface area contributed by atoms with Gasteiger partial charge >= 0.3 is 12.0 Å². The second-order valence-corrected chi connectivity index (χ2v) is 5.24. The Bertz CT molecular complexity index is 496. The first kappa shape index (κ1) is 14.4. The molecule has 108 valence electrons. The van der Waals surface area contributed by atoms with Crippen LogP contribution in [0.25, 0.3) is 0 Å². The van der Waals surface area contributed by atoms with Crippen LogP contribution in [0.1, 0.15) is 24.8 Å². The third-order valence-corrected chi connectivity index (χ3v) is 3.28. The van der Waals surface area contributed by atoms with E-state index in [1.807, 2.05) is 12.1 Å². The Balaban J connectivity index is 1.91. The van der Waals surface area contributed by atoms with Crippen LogP contribution < -0.4 is 5.32 Å². The molecule has 5 nitrogen and oxygen atoms in total. The molecule has 2 amide bonds. The highest BCUT2D eigenvalue weighted by Gasteiger charge is 2.21. The Morgan fingerprint density at radius 3 is 2.70 bits per heavy atom. The van der Waals surface area contributed by atoms with Gasteiger partial charge in [-0.25, -0.2) is 4.79 Å². The number of rotatable bonds is 4. The lowest BCUT2D eigenvalue weighted by atomic mass is 9.96. The van der Waals surface area contributed by atoms with Crippen molar-refractivity contribution in [2.24, 2.45) is 0 Å². The molecular weight excluding hydrogens is 256 g/mol. The number of carbonyl (C=O) groups is 2. The molecule has 1 aromatic carbocycles. The SMILES string of the molecule is CN(C)C(=O)Nc1cccc(CC(=O)OC2CCC2)c1. The molecular formula is C15H20N2O3. The summed E-state index contributed by atoms with van der Waals surface area (Å²) in [6.45, 7) is 0. The molecule has 0 spiro atoms. The fourth-order valence-electron chi connectivity index (χ4n) is 1.88. The van der Waals surface area contributed by atoms with Gasteiger partial charge in [-0.15, -0.1) is 0 Å². The maximum atomic E-state index is 11.7. The van der Waals surface area contributed by atoms with Gasteiger partial charge < -0.3 is 15.0 Å². The average molecular weight is 276 g/mol. The predicted molar refractivity (Wildman–Crippen MR) is 76.6 cm³/mol. The van der Waals surface area contributed by atoms with Gasteiger partial charge in [-0.1, -0.05) is 12.1 Å². The van der Waals surface area contributed by atoms with Crippen LogP contribution in [0.4, 0.5) is 10.5 Å². The maximum Gasteiger partial charge on any atom is 0.321 e. The minimum Gasteiger partial charge on any atom is -0.462 e. The van der Waals surface area contributed by atoms with E-state index in [-0.39, 0.29) is 24.5 Å². The van der Waals surface area contributed by atoms with Gasteiger partial charge in [-0.05, 0) is 37.0 Å². The number of hydrogen-bond acceptors (Lipinski definition) is 3. The fraction of sp³-hybridized carbons (Fsp3) is 0.467. The molecule has 1 aliphatic carbocycles. The van der Waals surface area contributed by atoms with Gasteiger partial charge in [-0.3, -0.25) is 4.79 Å². The Labute approximate surface area is 118 Å². The average Bonchev–Trinajstić information content (AvgIpc) is 2.34. The van der Waals surface area contributed by atoms with Gasteiger partial charge in [0.05, 0.1) is 6.42 Å². The smallest absolute Gasteiger partial charge is 0.321 e. The number of amides is 2. The first-order valence-electron chi connectivity index (χ1n) is 6.81. The molecule has 1 saturated carbocycles. The van der Waals surface area contributed by atoms with E-state index in [0.717, 1.165) is 24.8 Å². The molecule has 1 N–H and O–H groups in total. The predicted octanol–water partition coefficient (Wildman–Crippen LogP) is 2.42. The molecule has 0 radical (unpaired) electrons. The molecule has 20 heavy (non-hydrogen) atoms. The van der Waals surface area contributed by atoms with Crippen LogP contribution in [0.5, 0.6) is 0 Å². The van der Waals surface area contributed by atoms with Crippen molar-refractivity contribution in [3.63, 3.8) is 0 Å². The molecule has 0 unspecified atom stereocenters. The third-order valence-electron chi connectivity index (χ3n) is 3.28. The van der Waals surface area contributed by atoms with Crippen molar-refractivity contribution in [3.8, 4) is 0 Å². The summed E-state index contributed by atoms with van der Waals surface area (Å²) in [7, 11) is 3.35. The van der Waals surface area contributed by atoms with Crippen LogP contribution >= 0.6 is 0 Å². The number of carbonyl (C=O) groups excluding carboxylic acids is 2. The molecule has 0 heterocycles. The van der Waals surface area contributed by atoms with E-state index in [1.165, 1.54) is 4.90 Å². The molecule has 1 fully saturated rings. The van der Waals surface area contributed by atoms with Gasteiger partial charge in [0, 0.05) is 19.8 Å². The van der Waals surface area contributed by atoms with Gasteiger partial charge in [0.1, 0.15) is 6.10 Å². The highest BCUT2D eigenvalue weighted by molar-refractivity contribution is 5.89. The van der Waals surface area contributed by atoms with Crippen LogP contribution in [-0.4, -0.2) is 37.1 Å². The lowest BCUT2D eigenvalue weighted by Crippen LogP contribution is -2.27. The van der Waals surface area contributed by atoms with Crippen molar-refractivity contribution in [1.82, 2.24) is 4.90 Å². The summed E-state index contributed by atoms with van der Waals surface area (Å²) in [5, 5.41) is 2.75. The van der Waals surface area contributed by atoms with Crippen molar-refractivity contribution in [2.75, 3.05) is 19.4 Å². The van der Waals surface area contributed by atoms with E-state index < -0.39 is 0 Å². The van der Waals surface area contributed by atoms with Gasteiger partial charge in [0.2, 0.25) is 0 Å². The van der Waals surface area contributed by atoms with Crippen LogP contribution in [0, 0.1) is 0 Å². The van der Waals surface area contributed by atoms with E-state index in [9.17, 15) is 9.59 Å². The number of nitrogens with zero attached hydrogens (tertiary/aromatic N) is 1. The zero-order valence-electron chi connectivity index (χ0n) is 11.9. The van der Waals surface area contributed by atoms with Crippen LogP contribution in [-0.2, 0) is 16.0 Å². The van der Waals surface area contributed by atoms with Gasteiger partial charge in [-0.2, -0.15) is 0 Å². The van der Waals surface area contributed by atoms with Crippen molar-refractivity contribution < 1.29 is 14.3 Å². The normalized spacial score (nSPS) is 14.3. The Morgan fingerprint density at radius 1 is 1.35 bits per heavy atom. The highest BCUT2D eigenvalue weighted by atomic mass is 16.5. The minimum absolute atomic E-state index is 0.110. The van der Waals surface area contributed by atoms with E-state index in [2.05, 4.69) is 5.32 Å². The molecule has 5 heteroatoms. The standard InChI is InChI=1S/C15H20N2O3/c1-17(2)15(19)16-12-6-3-5-11(9-12)10-14(18)20-13-7-4-8-13/h3,5-6,9,13H,4,7-8,10H2,1-2H3,(H,16,19). The zero-order chi connectivity index (χ0) is 14.5. The first-order valence-corrected chi connectivity index (χ1v) is 6.81. The summed E-state index contributed by atoms with van der Waals surface area (Å²) in [4.78, 5) is 24.8. The lowest BCUT2D eigenvalue weighted by Gasteiger charge is -2.25. The number of urea groups is 1. The molecule has 1 aliphatic rings. The minimum atomic E-state index is -0.203. The Morgan fingerprint density at radius 2 is 2.10 bits per heavy atom.